The summed E-state index contributed by atoms with van der Waals surface area (Å²) in [5, 5.41) is 13.5. The molecule has 1 saturated carbocycles. The predicted octanol–water partition coefficient (Wildman–Crippen LogP) is 3.84. The second-order valence-electron chi connectivity index (χ2n) is 6.15. The van der Waals surface area contributed by atoms with Gasteiger partial charge in [-0.15, -0.1) is 11.3 Å². The predicted molar refractivity (Wildman–Crippen MR) is 84.2 cm³/mol. The fourth-order valence-corrected chi connectivity index (χ4v) is 3.20. The lowest BCUT2D eigenvalue weighted by atomic mass is 9.92. The molecule has 0 atom stereocenters. The summed E-state index contributed by atoms with van der Waals surface area (Å²) >= 11 is 1.39. The van der Waals surface area contributed by atoms with Crippen molar-refractivity contribution in [1.82, 2.24) is 0 Å². The largest absolute Gasteiger partial charge is 0.486 e. The fraction of sp³-hybridized carbons (Fsp3) is 0.667. The molecule has 0 saturated heterocycles. The smallest absolute Gasteiger partial charge is 0.178 e. The standard InChI is InChI=1S/C15H23N3OS/c1-9(2)15(5-6-15)8-18-14-13(19-10(3)4)12(17)11(7-16)20-14/h9-10,18H,5-6,8,17H2,1-4H3. The lowest BCUT2D eigenvalue weighted by molar-refractivity contribution is 0.245. The molecule has 20 heavy (non-hydrogen) atoms. The number of rotatable bonds is 6. The van der Waals surface area contributed by atoms with E-state index in [9.17, 15) is 0 Å². The first kappa shape index (κ1) is 15.0. The lowest BCUT2D eigenvalue weighted by Gasteiger charge is -2.21. The molecule has 0 aromatic carbocycles. The Morgan fingerprint density at radius 2 is 2.05 bits per heavy atom. The summed E-state index contributed by atoms with van der Waals surface area (Å²) < 4.78 is 5.78. The molecule has 1 aliphatic rings. The molecule has 0 aliphatic heterocycles. The molecular weight excluding hydrogens is 270 g/mol. The van der Waals surface area contributed by atoms with Crippen LogP contribution in [-0.4, -0.2) is 12.6 Å². The molecule has 0 bridgehead atoms. The van der Waals surface area contributed by atoms with E-state index >= 15 is 0 Å². The van der Waals surface area contributed by atoms with Gasteiger partial charge in [0.05, 0.1) is 6.10 Å². The average molecular weight is 293 g/mol. The Morgan fingerprint density at radius 3 is 2.50 bits per heavy atom. The van der Waals surface area contributed by atoms with E-state index in [1.807, 2.05) is 13.8 Å². The average Bonchev–Trinajstić information content (AvgIpc) is 3.12. The molecule has 5 heteroatoms. The molecule has 1 aromatic heterocycles. The van der Waals surface area contributed by atoms with Crippen LogP contribution in [0.5, 0.6) is 5.75 Å². The van der Waals surface area contributed by atoms with Crippen LogP contribution >= 0.6 is 11.3 Å². The lowest BCUT2D eigenvalue weighted by Crippen LogP contribution is -2.21. The summed E-state index contributed by atoms with van der Waals surface area (Å²) in [5.41, 5.74) is 6.87. The molecule has 0 amide bonds. The highest BCUT2D eigenvalue weighted by Gasteiger charge is 2.45. The minimum Gasteiger partial charge on any atom is -0.486 e. The third kappa shape index (κ3) is 2.85. The minimum absolute atomic E-state index is 0.0407. The zero-order valence-electron chi connectivity index (χ0n) is 12.6. The van der Waals surface area contributed by atoms with Gasteiger partial charge in [-0.3, -0.25) is 0 Å². The first-order valence-electron chi connectivity index (χ1n) is 7.12. The first-order valence-corrected chi connectivity index (χ1v) is 7.94. The van der Waals surface area contributed by atoms with E-state index in [4.69, 9.17) is 15.7 Å². The van der Waals surface area contributed by atoms with Gasteiger partial charge >= 0.3 is 0 Å². The van der Waals surface area contributed by atoms with Gasteiger partial charge in [-0.1, -0.05) is 13.8 Å². The molecule has 1 fully saturated rings. The number of thiophene rings is 1. The van der Waals surface area contributed by atoms with Crippen molar-refractivity contribution < 1.29 is 4.74 Å². The van der Waals surface area contributed by atoms with E-state index in [2.05, 4.69) is 25.2 Å². The Labute approximate surface area is 124 Å². The number of nitrogen functional groups attached to an aromatic ring is 1. The Bertz CT molecular complexity index is 524. The van der Waals surface area contributed by atoms with E-state index < -0.39 is 0 Å². The first-order chi connectivity index (χ1) is 9.39. The van der Waals surface area contributed by atoms with Gasteiger partial charge in [-0.2, -0.15) is 5.26 Å². The summed E-state index contributed by atoms with van der Waals surface area (Å²) in [4.78, 5) is 0.526. The van der Waals surface area contributed by atoms with Crippen LogP contribution < -0.4 is 15.8 Å². The van der Waals surface area contributed by atoms with Crippen molar-refractivity contribution in [2.24, 2.45) is 11.3 Å². The van der Waals surface area contributed by atoms with Gasteiger partial charge in [0.25, 0.3) is 0 Å². The Balaban J connectivity index is 2.16. The number of anilines is 2. The highest BCUT2D eigenvalue weighted by atomic mass is 32.1. The SMILES string of the molecule is CC(C)Oc1c(NCC2(C(C)C)CC2)sc(C#N)c1N. The van der Waals surface area contributed by atoms with E-state index in [0.29, 0.717) is 27.6 Å². The molecule has 3 N–H and O–H groups in total. The van der Waals surface area contributed by atoms with Crippen LogP contribution in [0.4, 0.5) is 10.7 Å². The second-order valence-corrected chi connectivity index (χ2v) is 7.17. The number of ether oxygens (including phenoxy) is 1. The van der Waals surface area contributed by atoms with Crippen molar-refractivity contribution in [3.63, 3.8) is 0 Å². The molecule has 1 heterocycles. The van der Waals surface area contributed by atoms with E-state index in [1.165, 1.54) is 24.2 Å². The highest BCUT2D eigenvalue weighted by Crippen LogP contribution is 2.52. The zero-order valence-corrected chi connectivity index (χ0v) is 13.4. The van der Waals surface area contributed by atoms with Crippen LogP contribution in [-0.2, 0) is 0 Å². The van der Waals surface area contributed by atoms with Gasteiger partial charge in [0.2, 0.25) is 0 Å². The Kier molecular flexibility index (Phi) is 4.14. The maximum Gasteiger partial charge on any atom is 0.178 e. The van der Waals surface area contributed by atoms with Crippen molar-refractivity contribution in [2.45, 2.75) is 46.6 Å². The molecule has 4 nitrogen and oxygen atoms in total. The third-order valence-corrected chi connectivity index (χ3v) is 5.12. The minimum atomic E-state index is 0.0407. The van der Waals surface area contributed by atoms with Gasteiger partial charge in [-0.25, -0.2) is 0 Å². The van der Waals surface area contributed by atoms with Gasteiger partial charge in [0, 0.05) is 6.54 Å². The number of hydrogen-bond acceptors (Lipinski definition) is 5. The molecule has 0 spiro atoms. The van der Waals surface area contributed by atoms with Crippen LogP contribution in [0.1, 0.15) is 45.4 Å². The van der Waals surface area contributed by atoms with Crippen LogP contribution in [0.3, 0.4) is 0 Å². The maximum atomic E-state index is 9.12. The summed E-state index contributed by atoms with van der Waals surface area (Å²) in [5.74, 6) is 1.30. The Hall–Kier alpha value is -1.41. The number of hydrogen-bond donors (Lipinski definition) is 2. The quantitative estimate of drug-likeness (QED) is 0.836. The van der Waals surface area contributed by atoms with Crippen LogP contribution in [0.2, 0.25) is 0 Å². The van der Waals surface area contributed by atoms with Crippen molar-refractivity contribution >= 4 is 22.0 Å². The topological polar surface area (TPSA) is 71.1 Å². The third-order valence-electron chi connectivity index (χ3n) is 4.07. The molecular formula is C15H23N3OS. The summed E-state index contributed by atoms with van der Waals surface area (Å²) in [7, 11) is 0. The van der Waals surface area contributed by atoms with Crippen molar-refractivity contribution in [3.05, 3.63) is 4.88 Å². The van der Waals surface area contributed by atoms with Crippen LogP contribution in [0.15, 0.2) is 0 Å². The van der Waals surface area contributed by atoms with Crippen LogP contribution in [0, 0.1) is 22.7 Å². The molecule has 0 radical (unpaired) electrons. The zero-order chi connectivity index (χ0) is 14.9. The van der Waals surface area contributed by atoms with Crippen molar-refractivity contribution in [2.75, 3.05) is 17.6 Å². The highest BCUT2D eigenvalue weighted by molar-refractivity contribution is 7.17. The number of nitrogens with two attached hydrogens (primary N) is 1. The van der Waals surface area contributed by atoms with Crippen molar-refractivity contribution in [3.8, 4) is 11.8 Å². The van der Waals surface area contributed by atoms with Gasteiger partial charge in [-0.05, 0) is 38.0 Å². The fourth-order valence-electron chi connectivity index (χ4n) is 2.36. The van der Waals surface area contributed by atoms with Gasteiger partial charge < -0.3 is 15.8 Å². The summed E-state index contributed by atoms with van der Waals surface area (Å²) in [6.07, 6.45) is 2.58. The summed E-state index contributed by atoms with van der Waals surface area (Å²) in [6, 6.07) is 2.14. The molecule has 0 unspecified atom stereocenters. The maximum absolute atomic E-state index is 9.12. The molecule has 2 rings (SSSR count). The molecule has 1 aromatic rings. The monoisotopic (exact) mass is 293 g/mol. The number of nitrogens with one attached hydrogen (secondary N) is 1. The van der Waals surface area contributed by atoms with Crippen LogP contribution in [0.25, 0.3) is 0 Å². The number of nitriles is 1. The van der Waals surface area contributed by atoms with Gasteiger partial charge in [0.1, 0.15) is 21.6 Å². The Morgan fingerprint density at radius 1 is 1.40 bits per heavy atom. The molecule has 110 valence electrons. The van der Waals surface area contributed by atoms with E-state index in [-0.39, 0.29) is 6.10 Å². The second kappa shape index (κ2) is 5.53. The summed E-state index contributed by atoms with van der Waals surface area (Å²) in [6.45, 7) is 9.38. The molecule has 1 aliphatic carbocycles. The number of nitrogens with zero attached hydrogens (tertiary/aromatic N) is 1. The van der Waals surface area contributed by atoms with E-state index in [1.54, 1.807) is 0 Å². The van der Waals surface area contributed by atoms with Crippen molar-refractivity contribution in [1.29, 1.82) is 5.26 Å². The normalized spacial score (nSPS) is 16.2. The van der Waals surface area contributed by atoms with E-state index in [0.717, 1.165) is 11.5 Å². The van der Waals surface area contributed by atoms with Gasteiger partial charge in [0.15, 0.2) is 5.75 Å².